The molecule has 1 unspecified atom stereocenters. The number of phenols is 1. The molecule has 5 heterocycles. The average molecular weight is 840 g/mol. The highest BCUT2D eigenvalue weighted by Gasteiger charge is 2.41. The Kier molecular flexibility index (Phi) is 12.0. The van der Waals surface area contributed by atoms with E-state index >= 15 is 0 Å². The second-order valence-corrected chi connectivity index (χ2v) is 22.8. The summed E-state index contributed by atoms with van der Waals surface area (Å²) in [6.45, 7) is 15.6. The van der Waals surface area contributed by atoms with Crippen LogP contribution in [0.4, 0.5) is 10.5 Å². The minimum absolute atomic E-state index is 0.0207. The van der Waals surface area contributed by atoms with Crippen molar-refractivity contribution in [3.05, 3.63) is 124 Å². The number of nitrogens with one attached hydrogen (secondary N) is 2. The number of rotatable bonds is 14. The van der Waals surface area contributed by atoms with Crippen molar-refractivity contribution in [2.75, 3.05) is 31.1 Å². The van der Waals surface area contributed by atoms with Crippen LogP contribution in [0.25, 0.3) is 39.1 Å². The molecule has 0 radical (unpaired) electrons. The third-order valence-electron chi connectivity index (χ3n) is 13.0. The van der Waals surface area contributed by atoms with Gasteiger partial charge in [-0.05, 0) is 109 Å². The number of aryl methyl sites for hydroxylation is 1. The van der Waals surface area contributed by atoms with Crippen molar-refractivity contribution in [1.82, 2.24) is 30.2 Å². The van der Waals surface area contributed by atoms with Crippen LogP contribution >= 0.6 is 0 Å². The standard InChI is InChI=1S/C48H57N7O5Si/c1-48(2,3)61(4,5)60-44(37-17-20-43(56)46-38(37)18-21-45(57)50-46)30-49-29-33-15-19-39-40(27-33)52-54(51-39)24-10-9-11-32-14-16-36(34-12-7-6-8-13-34)41(28-32)55(47(58)59)42-31-53-25-22-35(42)23-26-53/h6-9,11-21,27-28,35,42,44,49,56H,10,22-26,29-31H2,1-5H3,(H,50,57)(H,58,59)/t42?,44-/m0/s1. The topological polar surface area (TPSA) is 149 Å². The number of amides is 1. The van der Waals surface area contributed by atoms with Gasteiger partial charge in [-0.15, -0.1) is 0 Å². The third-order valence-corrected chi connectivity index (χ3v) is 17.5. The molecule has 2 atom stereocenters. The molecule has 3 fully saturated rings. The van der Waals surface area contributed by atoms with Gasteiger partial charge in [-0.1, -0.05) is 87.5 Å². The molecular weight excluding hydrogens is 783 g/mol. The maximum Gasteiger partial charge on any atom is 0.412 e. The van der Waals surface area contributed by atoms with Crippen molar-refractivity contribution >= 4 is 48.1 Å². The van der Waals surface area contributed by atoms with Gasteiger partial charge in [-0.3, -0.25) is 9.69 Å². The second-order valence-electron chi connectivity index (χ2n) is 18.1. The van der Waals surface area contributed by atoms with Crippen molar-refractivity contribution in [2.24, 2.45) is 5.92 Å². The van der Waals surface area contributed by atoms with Gasteiger partial charge in [-0.25, -0.2) is 4.79 Å². The molecule has 3 saturated heterocycles. The highest BCUT2D eigenvalue weighted by atomic mass is 28.4. The fourth-order valence-electron chi connectivity index (χ4n) is 8.62. The van der Waals surface area contributed by atoms with Crippen LogP contribution in [0.1, 0.15) is 62.8 Å². The fraction of sp³-hybridized carbons (Fsp3) is 0.375. The number of piperidine rings is 3. The summed E-state index contributed by atoms with van der Waals surface area (Å²) < 4.78 is 6.98. The lowest BCUT2D eigenvalue weighted by Gasteiger charge is -2.48. The maximum absolute atomic E-state index is 13.0. The summed E-state index contributed by atoms with van der Waals surface area (Å²) in [6, 6.07) is 29.0. The summed E-state index contributed by atoms with van der Waals surface area (Å²) in [7, 11) is -2.22. The van der Waals surface area contributed by atoms with Gasteiger partial charge in [-0.2, -0.15) is 15.0 Å². The number of aromatic nitrogens is 4. The lowest BCUT2D eigenvalue weighted by molar-refractivity contribution is 0.0838. The molecule has 0 saturated carbocycles. The summed E-state index contributed by atoms with van der Waals surface area (Å²) >= 11 is 0. The van der Waals surface area contributed by atoms with Crippen LogP contribution < -0.4 is 15.8 Å². The largest absolute Gasteiger partial charge is 0.506 e. The number of carboxylic acid groups (broad SMARTS) is 1. The van der Waals surface area contributed by atoms with Crippen LogP contribution in [0.2, 0.25) is 18.1 Å². The van der Waals surface area contributed by atoms with E-state index in [0.717, 1.165) is 82.4 Å². The SMILES string of the molecule is CC(C)(C)[Si](C)(C)O[C@@H](CNCc1ccc2nn(CCC=Cc3ccc(-c4ccccc4)c(N(C(=O)O)C4CN5CCC4CC5)c3)nc2c1)c1ccc(O)c2[nH]c(=O)ccc12. The summed E-state index contributed by atoms with van der Waals surface area (Å²) in [5.74, 6) is 0.388. The number of aromatic hydroxyl groups is 1. The van der Waals surface area contributed by atoms with Crippen LogP contribution in [0.5, 0.6) is 5.75 Å². The minimum atomic E-state index is -2.22. The van der Waals surface area contributed by atoms with Crippen molar-refractivity contribution in [3.8, 4) is 16.9 Å². The van der Waals surface area contributed by atoms with Crippen molar-refractivity contribution in [2.45, 2.75) is 83.4 Å². The molecule has 3 aliphatic heterocycles. The Morgan fingerprint density at radius 3 is 2.49 bits per heavy atom. The first-order valence-corrected chi connectivity index (χ1v) is 24.3. The van der Waals surface area contributed by atoms with Crippen LogP contribution in [-0.4, -0.2) is 81.7 Å². The number of carbonyl (C=O) groups is 1. The Morgan fingerprint density at radius 2 is 1.77 bits per heavy atom. The predicted molar refractivity (Wildman–Crippen MR) is 245 cm³/mol. The molecule has 13 heteroatoms. The number of phenolic OH excluding ortho intramolecular Hbond substituents is 1. The van der Waals surface area contributed by atoms with Crippen molar-refractivity contribution in [1.29, 1.82) is 0 Å². The zero-order chi connectivity index (χ0) is 42.9. The number of pyridine rings is 1. The van der Waals surface area contributed by atoms with Crippen LogP contribution in [0.3, 0.4) is 0 Å². The molecule has 61 heavy (non-hydrogen) atoms. The van der Waals surface area contributed by atoms with E-state index in [1.54, 1.807) is 21.8 Å². The molecule has 0 aliphatic carbocycles. The number of nitrogens with zero attached hydrogens (tertiary/aromatic N) is 5. The predicted octanol–water partition coefficient (Wildman–Crippen LogP) is 9.18. The van der Waals surface area contributed by atoms with E-state index in [9.17, 15) is 19.8 Å². The summed E-state index contributed by atoms with van der Waals surface area (Å²) in [6.07, 6.45) is 5.69. The van der Waals surface area contributed by atoms with Crippen molar-refractivity contribution in [3.63, 3.8) is 0 Å². The zero-order valence-electron chi connectivity index (χ0n) is 35.8. The van der Waals surface area contributed by atoms with Crippen LogP contribution in [0.15, 0.2) is 102 Å². The number of aromatic amines is 1. The van der Waals surface area contributed by atoms with Gasteiger partial charge in [0.2, 0.25) is 5.56 Å². The smallest absolute Gasteiger partial charge is 0.412 e. The van der Waals surface area contributed by atoms with E-state index in [2.05, 4.69) is 85.5 Å². The molecule has 1 amide bonds. The van der Waals surface area contributed by atoms with Gasteiger partial charge in [0.25, 0.3) is 0 Å². The highest BCUT2D eigenvalue weighted by Crippen LogP contribution is 2.42. The van der Waals surface area contributed by atoms with Crippen LogP contribution in [0, 0.1) is 5.92 Å². The first-order chi connectivity index (χ1) is 29.2. The van der Waals surface area contributed by atoms with Gasteiger partial charge >= 0.3 is 6.09 Å². The Bertz CT molecular complexity index is 2610. The summed E-state index contributed by atoms with van der Waals surface area (Å²) in [5, 5.41) is 35.1. The van der Waals surface area contributed by atoms with Gasteiger partial charge in [0.15, 0.2) is 8.32 Å². The van der Waals surface area contributed by atoms with Gasteiger partial charge in [0.05, 0.1) is 29.9 Å². The lowest BCUT2D eigenvalue weighted by Crippen LogP contribution is -2.59. The van der Waals surface area contributed by atoms with E-state index in [4.69, 9.17) is 14.6 Å². The Morgan fingerprint density at radius 1 is 1.00 bits per heavy atom. The molecule has 12 nitrogen and oxygen atoms in total. The van der Waals surface area contributed by atoms with Crippen molar-refractivity contribution < 1.29 is 19.4 Å². The quantitative estimate of drug-likeness (QED) is 0.0788. The number of hydrogen-bond acceptors (Lipinski definition) is 8. The Balaban J connectivity index is 0.946. The number of anilines is 1. The van der Waals surface area contributed by atoms with Crippen LogP contribution in [-0.2, 0) is 17.5 Å². The second kappa shape index (κ2) is 17.4. The number of fused-ring (bicyclic) bond motifs is 5. The Hall–Kier alpha value is -5.60. The monoisotopic (exact) mass is 839 g/mol. The molecular formula is C48H57N7O5Si. The highest BCUT2D eigenvalue weighted by molar-refractivity contribution is 6.74. The third kappa shape index (κ3) is 9.20. The normalized spacial score (nSPS) is 18.6. The molecule has 4 N–H and O–H groups in total. The van der Waals surface area contributed by atoms with E-state index in [1.807, 2.05) is 48.5 Å². The molecule has 318 valence electrons. The molecule has 4 aromatic carbocycles. The number of H-pyrrole nitrogens is 1. The summed E-state index contributed by atoms with van der Waals surface area (Å²) in [4.78, 5) is 33.7. The van der Waals surface area contributed by atoms with Gasteiger partial charge in [0.1, 0.15) is 16.8 Å². The maximum atomic E-state index is 13.0. The van der Waals surface area contributed by atoms with E-state index in [0.29, 0.717) is 37.5 Å². The van der Waals surface area contributed by atoms with Gasteiger partial charge < -0.3 is 29.8 Å². The molecule has 2 aromatic heterocycles. The van der Waals surface area contributed by atoms with E-state index in [-0.39, 0.29) is 28.5 Å². The molecule has 9 rings (SSSR count). The molecule has 0 spiro atoms. The van der Waals surface area contributed by atoms with Gasteiger partial charge in [0, 0.05) is 36.7 Å². The zero-order valence-corrected chi connectivity index (χ0v) is 36.8. The fourth-order valence-corrected chi connectivity index (χ4v) is 9.90. The first kappa shape index (κ1) is 42.1. The number of hydrogen-bond donors (Lipinski definition) is 4. The van der Waals surface area contributed by atoms with E-state index in [1.165, 1.54) is 6.07 Å². The molecule has 3 aliphatic rings. The summed E-state index contributed by atoms with van der Waals surface area (Å²) in [5.41, 5.74) is 7.34. The Labute approximate surface area is 358 Å². The number of benzene rings is 4. The minimum Gasteiger partial charge on any atom is -0.506 e. The average Bonchev–Trinajstić information content (AvgIpc) is 3.65. The van der Waals surface area contributed by atoms with E-state index < -0.39 is 14.4 Å². The lowest BCUT2D eigenvalue weighted by atomic mass is 9.82. The molecule has 6 aromatic rings. The first-order valence-electron chi connectivity index (χ1n) is 21.4. The number of allylic oxidation sites excluding steroid dienone is 1. The molecule has 2 bridgehead atoms.